The number of phenols is 1. The molecule has 0 radical (unpaired) electrons. The predicted octanol–water partition coefficient (Wildman–Crippen LogP) is 7.27. The molecule has 1 aliphatic rings. The van der Waals surface area contributed by atoms with Crippen LogP contribution in [0.5, 0.6) is 5.75 Å². The molecule has 7 rings (SSSR count). The van der Waals surface area contributed by atoms with Gasteiger partial charge in [0.15, 0.2) is 0 Å². The first-order chi connectivity index (χ1) is 22.6. The van der Waals surface area contributed by atoms with Crippen LogP contribution in [0.4, 0.5) is 22.0 Å². The van der Waals surface area contributed by atoms with Gasteiger partial charge in [0.1, 0.15) is 23.7 Å². The van der Waals surface area contributed by atoms with Crippen molar-refractivity contribution >= 4 is 34.3 Å². The fourth-order valence-corrected chi connectivity index (χ4v) is 5.85. The van der Waals surface area contributed by atoms with Crippen LogP contribution in [-0.4, -0.2) is 58.7 Å². The van der Waals surface area contributed by atoms with Gasteiger partial charge in [0.2, 0.25) is 5.71 Å². The summed E-state index contributed by atoms with van der Waals surface area (Å²) < 4.78 is 6.32. The van der Waals surface area contributed by atoms with Crippen molar-refractivity contribution < 1.29 is 14.3 Å². The smallest absolute Gasteiger partial charge is 0.321 e. The molecule has 2 amide bonds. The van der Waals surface area contributed by atoms with Crippen molar-refractivity contribution in [3.8, 4) is 28.2 Å². The number of rotatable bonds is 8. The van der Waals surface area contributed by atoms with Crippen molar-refractivity contribution in [2.75, 3.05) is 48.3 Å². The average molecular weight is 611 g/mol. The normalized spacial score (nSPS) is 13.1. The fourth-order valence-electron chi connectivity index (χ4n) is 5.85. The number of nitrogens with zero attached hydrogens (tertiary/aromatic N) is 4. The number of furan rings is 1. The van der Waals surface area contributed by atoms with E-state index in [4.69, 9.17) is 4.42 Å². The van der Waals surface area contributed by atoms with Crippen molar-refractivity contribution in [1.82, 2.24) is 14.9 Å². The van der Waals surface area contributed by atoms with Gasteiger partial charge in [-0.1, -0.05) is 72.8 Å². The number of piperazine rings is 1. The van der Waals surface area contributed by atoms with Crippen molar-refractivity contribution in [3.05, 3.63) is 121 Å². The highest BCUT2D eigenvalue weighted by Gasteiger charge is 2.23. The molecular formula is C37H34N6O3. The minimum absolute atomic E-state index is 0.100. The van der Waals surface area contributed by atoms with Crippen LogP contribution in [0.3, 0.4) is 0 Å². The molecule has 0 aliphatic carbocycles. The molecular weight excluding hydrogens is 576 g/mol. The molecule has 9 heteroatoms. The lowest BCUT2D eigenvalue weighted by molar-refractivity contribution is 0.208. The maximum atomic E-state index is 12.9. The number of aromatic hydroxyl groups is 1. The maximum Gasteiger partial charge on any atom is 0.321 e. The van der Waals surface area contributed by atoms with E-state index >= 15 is 0 Å². The molecule has 4 aromatic carbocycles. The van der Waals surface area contributed by atoms with Gasteiger partial charge in [-0.15, -0.1) is 0 Å². The quantitative estimate of drug-likeness (QED) is 0.166. The molecule has 9 nitrogen and oxygen atoms in total. The Morgan fingerprint density at radius 3 is 2.15 bits per heavy atom. The van der Waals surface area contributed by atoms with Crippen molar-refractivity contribution in [2.24, 2.45) is 0 Å². The summed E-state index contributed by atoms with van der Waals surface area (Å²) in [5.74, 6) is 1.74. The van der Waals surface area contributed by atoms with Crippen LogP contribution < -0.4 is 15.5 Å². The summed E-state index contributed by atoms with van der Waals surface area (Å²) in [5, 5.41) is 16.9. The molecule has 0 spiro atoms. The lowest BCUT2D eigenvalue weighted by atomic mass is 9.99. The largest absolute Gasteiger partial charge is 0.508 e. The van der Waals surface area contributed by atoms with E-state index < -0.39 is 0 Å². The van der Waals surface area contributed by atoms with E-state index in [0.717, 1.165) is 70.1 Å². The molecule has 230 valence electrons. The highest BCUT2D eigenvalue weighted by molar-refractivity contribution is 6.05. The molecule has 3 heterocycles. The van der Waals surface area contributed by atoms with Gasteiger partial charge in [0.05, 0.1) is 5.39 Å². The third kappa shape index (κ3) is 6.21. The summed E-state index contributed by atoms with van der Waals surface area (Å²) in [4.78, 5) is 26.0. The number of carbonyl (C=O) groups is 1. The zero-order valence-electron chi connectivity index (χ0n) is 25.3. The maximum absolute atomic E-state index is 12.9. The molecule has 46 heavy (non-hydrogen) atoms. The number of anilines is 3. The van der Waals surface area contributed by atoms with E-state index in [9.17, 15) is 9.90 Å². The third-order valence-electron chi connectivity index (χ3n) is 8.28. The Labute approximate surface area is 267 Å². The van der Waals surface area contributed by atoms with Crippen LogP contribution in [0.15, 0.2) is 120 Å². The SMILES string of the molecule is O=C(Nc1ccc(CCNc2ncnc3oc(-c4ccccc4)c(-c4ccccc4)c23)cc1)N1CCN(c2ccc(O)cc2)CC1. The highest BCUT2D eigenvalue weighted by Crippen LogP contribution is 2.42. The first-order valence-electron chi connectivity index (χ1n) is 15.4. The highest BCUT2D eigenvalue weighted by atomic mass is 16.3. The molecule has 1 fully saturated rings. The van der Waals surface area contributed by atoms with E-state index in [1.54, 1.807) is 12.1 Å². The summed E-state index contributed by atoms with van der Waals surface area (Å²) in [6, 6.07) is 35.3. The Balaban J connectivity index is 0.987. The molecule has 2 aromatic heterocycles. The number of aromatic nitrogens is 2. The first-order valence-corrected chi connectivity index (χ1v) is 15.4. The van der Waals surface area contributed by atoms with Crippen LogP contribution in [-0.2, 0) is 6.42 Å². The Morgan fingerprint density at radius 1 is 0.783 bits per heavy atom. The molecule has 0 atom stereocenters. The Kier molecular flexibility index (Phi) is 8.19. The van der Waals surface area contributed by atoms with Gasteiger partial charge >= 0.3 is 6.03 Å². The van der Waals surface area contributed by atoms with Crippen LogP contribution in [0.2, 0.25) is 0 Å². The molecule has 0 bridgehead atoms. The number of benzene rings is 4. The van der Waals surface area contributed by atoms with Gasteiger partial charge in [0, 0.05) is 55.2 Å². The number of hydrogen-bond donors (Lipinski definition) is 3. The van der Waals surface area contributed by atoms with Crippen LogP contribution >= 0.6 is 0 Å². The van der Waals surface area contributed by atoms with E-state index in [-0.39, 0.29) is 11.8 Å². The van der Waals surface area contributed by atoms with Gasteiger partial charge in [-0.05, 0) is 53.9 Å². The van der Waals surface area contributed by atoms with Crippen LogP contribution in [0.1, 0.15) is 5.56 Å². The number of hydrogen-bond acceptors (Lipinski definition) is 7. The lowest BCUT2D eigenvalue weighted by Gasteiger charge is -2.36. The summed E-state index contributed by atoms with van der Waals surface area (Å²) in [5.41, 5.74) is 6.47. The second kappa shape index (κ2) is 13.0. The van der Waals surface area contributed by atoms with Gasteiger partial charge in [0.25, 0.3) is 0 Å². The second-order valence-corrected chi connectivity index (χ2v) is 11.2. The molecule has 3 N–H and O–H groups in total. The van der Waals surface area contributed by atoms with E-state index in [0.29, 0.717) is 25.3 Å². The Morgan fingerprint density at radius 2 is 1.46 bits per heavy atom. The molecule has 1 aliphatic heterocycles. The third-order valence-corrected chi connectivity index (χ3v) is 8.28. The predicted molar refractivity (Wildman–Crippen MR) is 182 cm³/mol. The number of carbonyl (C=O) groups excluding carboxylic acids is 1. The van der Waals surface area contributed by atoms with Gasteiger partial charge in [-0.2, -0.15) is 0 Å². The van der Waals surface area contributed by atoms with Crippen molar-refractivity contribution in [1.29, 1.82) is 0 Å². The molecule has 0 unspecified atom stereocenters. The van der Waals surface area contributed by atoms with Crippen molar-refractivity contribution in [3.63, 3.8) is 0 Å². The second-order valence-electron chi connectivity index (χ2n) is 11.2. The molecule has 6 aromatic rings. The monoisotopic (exact) mass is 610 g/mol. The van der Waals surface area contributed by atoms with Crippen LogP contribution in [0, 0.1) is 0 Å². The van der Waals surface area contributed by atoms with Gasteiger partial charge in [-0.25, -0.2) is 14.8 Å². The zero-order chi connectivity index (χ0) is 31.3. The van der Waals surface area contributed by atoms with Gasteiger partial charge < -0.3 is 30.0 Å². The minimum atomic E-state index is -0.100. The minimum Gasteiger partial charge on any atom is -0.508 e. The van der Waals surface area contributed by atoms with E-state index in [2.05, 4.69) is 37.6 Å². The number of phenolic OH excluding ortho intramolecular Hbond substituents is 1. The van der Waals surface area contributed by atoms with E-state index in [1.807, 2.05) is 89.8 Å². The fraction of sp³-hybridized carbons (Fsp3) is 0.162. The number of fused-ring (bicyclic) bond motifs is 1. The summed E-state index contributed by atoms with van der Waals surface area (Å²) >= 11 is 0. The van der Waals surface area contributed by atoms with Crippen molar-refractivity contribution in [2.45, 2.75) is 6.42 Å². The first kappa shape index (κ1) is 28.9. The number of nitrogens with one attached hydrogen (secondary N) is 2. The number of amides is 2. The standard InChI is InChI=1S/C37H34N6O3/c44-31-17-15-30(16-18-31)42-21-23-43(24-22-42)37(45)41-29-13-11-26(12-14-29)19-20-38-35-33-32(27-7-3-1-4-8-27)34(28-9-5-2-6-10-28)46-36(33)40-25-39-35/h1-18,25,44H,19-24H2,(H,41,45)(H,38,39,40). The van der Waals surface area contributed by atoms with E-state index in [1.165, 1.54) is 6.33 Å². The van der Waals surface area contributed by atoms with Crippen LogP contribution in [0.25, 0.3) is 33.6 Å². The van der Waals surface area contributed by atoms with Gasteiger partial charge in [-0.3, -0.25) is 0 Å². The molecule has 0 saturated carbocycles. The summed E-state index contributed by atoms with van der Waals surface area (Å²) in [6.07, 6.45) is 2.30. The summed E-state index contributed by atoms with van der Waals surface area (Å²) in [7, 11) is 0. The number of urea groups is 1. The lowest BCUT2D eigenvalue weighted by Crippen LogP contribution is -2.50. The summed E-state index contributed by atoms with van der Waals surface area (Å²) in [6.45, 7) is 3.39. The topological polar surface area (TPSA) is 107 Å². The molecule has 1 saturated heterocycles. The zero-order valence-corrected chi connectivity index (χ0v) is 25.3. The Hall–Kier alpha value is -5.83. The average Bonchev–Trinajstić information content (AvgIpc) is 3.51. The Bertz CT molecular complexity index is 1920.